The van der Waals surface area contributed by atoms with Gasteiger partial charge in [0.2, 0.25) is 17.4 Å². The van der Waals surface area contributed by atoms with Crippen molar-refractivity contribution in [1.82, 2.24) is 19.8 Å². The molecule has 5 amide bonds. The average Bonchev–Trinajstić information content (AvgIpc) is 4.03. The Morgan fingerprint density at radius 1 is 0.590 bits per heavy atom. The second kappa shape index (κ2) is 27.6. The molecule has 6 N–H and O–H groups in total. The summed E-state index contributed by atoms with van der Waals surface area (Å²) >= 11 is 11.6. The lowest BCUT2D eigenvalue weighted by Gasteiger charge is -2.35. The summed E-state index contributed by atoms with van der Waals surface area (Å²) < 4.78 is 31.6. The number of carbonyl (C=O) groups excluding carboxylic acids is 7. The first-order valence-corrected chi connectivity index (χ1v) is 27.2. The van der Waals surface area contributed by atoms with Gasteiger partial charge >= 0.3 is 30.1 Å². The fourth-order valence-corrected chi connectivity index (χ4v) is 9.25. The number of hydrogen-bond acceptors (Lipinski definition) is 17. The maximum Gasteiger partial charge on any atom is 0.410 e. The van der Waals surface area contributed by atoms with E-state index in [1.54, 1.807) is 48.2 Å². The number of nitrogens with one attached hydrogen (secondary N) is 3. The van der Waals surface area contributed by atoms with Crippen molar-refractivity contribution < 1.29 is 71.2 Å². The van der Waals surface area contributed by atoms with Crippen molar-refractivity contribution in [3.63, 3.8) is 0 Å². The number of hydrogen-bond donors (Lipinski definition) is 5. The fourth-order valence-electron chi connectivity index (χ4n) is 9.03. The number of benzene rings is 2. The number of nitrogens with zero attached hydrogens (tertiary/aromatic N) is 4. The first kappa shape index (κ1) is 63.7. The highest BCUT2D eigenvalue weighted by molar-refractivity contribution is 6.30. The Kier molecular flexibility index (Phi) is 21.2. The van der Waals surface area contributed by atoms with Crippen LogP contribution in [0, 0.1) is 11.8 Å². The molecule has 0 atom stereocenters. The number of halogens is 2. The van der Waals surface area contributed by atoms with Crippen molar-refractivity contribution in [2.45, 2.75) is 116 Å². The van der Waals surface area contributed by atoms with E-state index in [0.29, 0.717) is 81.9 Å². The van der Waals surface area contributed by atoms with Crippen LogP contribution in [0.25, 0.3) is 21.9 Å². The summed E-state index contributed by atoms with van der Waals surface area (Å²) in [5, 5.41) is 18.7. The molecule has 4 heterocycles. The Hall–Kier alpha value is -8.44. The second-order valence-corrected chi connectivity index (χ2v) is 22.6. The molecule has 2 aliphatic rings. The zero-order valence-corrected chi connectivity index (χ0v) is 49.2. The number of methoxy groups -OCH3 is 2. The summed E-state index contributed by atoms with van der Waals surface area (Å²) in [5.74, 6) is -3.60. The molecule has 444 valence electrons. The van der Waals surface area contributed by atoms with Crippen LogP contribution in [0.1, 0.15) is 135 Å². The summed E-state index contributed by atoms with van der Waals surface area (Å²) in [4.78, 5) is 109. The molecule has 0 radical (unpaired) electrons. The maximum atomic E-state index is 13.4. The Bertz CT molecular complexity index is 3340. The predicted molar refractivity (Wildman–Crippen MR) is 310 cm³/mol. The largest absolute Gasteiger partial charge is 0.481 e. The van der Waals surface area contributed by atoms with Crippen molar-refractivity contribution in [2.24, 2.45) is 11.8 Å². The van der Waals surface area contributed by atoms with E-state index >= 15 is 0 Å². The number of ether oxygens (including phenoxy) is 4. The molecular formula is C58H68Cl2N8O15. The lowest BCUT2D eigenvalue weighted by atomic mass is 9.85. The topological polar surface area (TPSA) is 314 Å². The van der Waals surface area contributed by atoms with Crippen LogP contribution in [0.3, 0.4) is 0 Å². The van der Waals surface area contributed by atoms with Crippen LogP contribution < -0.4 is 21.7 Å². The standard InChI is InChI=1S/C29H33ClN4O7.C16H12ClN3O4.C13H23NO4/c1-29(2,3)41-28(38)34(4)19-10-6-16(7-11-19)25(35)33-23-20-14-17(27(37)39-5)8-12-21(20)40-24(23)26(36)32-22-13-9-18(30)15-31-22;1-23-16(22)8-2-4-11-10(6-8)13(18)14(24-11)15(21)20-12-5-3-9(17)7-19-12;1-13(2,3)18-12(17)14(4)10-7-5-9(6-8-10)11(15)16/h8-9,12-16,19H,6-7,10-11H2,1-5H3,(H,33,35)(H,31,32,36);2-7H,18H2,1H3,(H,19,20,21);9-10H,5-8H2,1-4H3,(H,15,16). The van der Waals surface area contributed by atoms with Crippen LogP contribution in [0.5, 0.6) is 0 Å². The highest BCUT2D eigenvalue weighted by Gasteiger charge is 2.35. The highest BCUT2D eigenvalue weighted by atomic mass is 35.5. The van der Waals surface area contributed by atoms with Gasteiger partial charge in [-0.1, -0.05) is 23.2 Å². The zero-order valence-electron chi connectivity index (χ0n) is 47.7. The van der Waals surface area contributed by atoms with E-state index in [0.717, 1.165) is 12.8 Å². The number of nitrogens with two attached hydrogens (primary N) is 1. The van der Waals surface area contributed by atoms with Crippen molar-refractivity contribution in [3.05, 3.63) is 106 Å². The van der Waals surface area contributed by atoms with Gasteiger partial charge in [0.15, 0.2) is 0 Å². The van der Waals surface area contributed by atoms with Gasteiger partial charge in [0.1, 0.15) is 39.7 Å². The van der Waals surface area contributed by atoms with Gasteiger partial charge in [-0.15, -0.1) is 0 Å². The number of carboxylic acids is 1. The summed E-state index contributed by atoms with van der Waals surface area (Å²) in [6.07, 6.45) is 7.07. The monoisotopic (exact) mass is 1190 g/mol. The third-order valence-electron chi connectivity index (χ3n) is 13.4. The number of nitrogen functional groups attached to an aromatic ring is 1. The molecule has 8 rings (SSSR count). The Labute approximate surface area is 488 Å². The number of amides is 5. The van der Waals surface area contributed by atoms with E-state index in [1.165, 1.54) is 63.0 Å². The van der Waals surface area contributed by atoms with Gasteiger partial charge < -0.3 is 64.4 Å². The van der Waals surface area contributed by atoms with Crippen molar-refractivity contribution in [2.75, 3.05) is 50.0 Å². The number of aromatic nitrogens is 2. The third kappa shape index (κ3) is 17.3. The Morgan fingerprint density at radius 3 is 1.41 bits per heavy atom. The summed E-state index contributed by atoms with van der Waals surface area (Å²) in [5.41, 5.74) is 6.36. The molecule has 2 aromatic carbocycles. The smallest absolute Gasteiger partial charge is 0.410 e. The van der Waals surface area contributed by atoms with Crippen LogP contribution in [0.2, 0.25) is 10.0 Å². The van der Waals surface area contributed by atoms with E-state index < -0.39 is 47.0 Å². The molecule has 25 heteroatoms. The lowest BCUT2D eigenvalue weighted by Crippen LogP contribution is -2.43. The van der Waals surface area contributed by atoms with E-state index in [2.05, 4.69) is 30.7 Å². The molecule has 0 unspecified atom stereocenters. The minimum atomic E-state index is -0.728. The molecule has 2 fully saturated rings. The van der Waals surface area contributed by atoms with Gasteiger partial charge in [0.05, 0.1) is 47.0 Å². The van der Waals surface area contributed by atoms with Crippen molar-refractivity contribution in [1.29, 1.82) is 0 Å². The molecule has 2 saturated carbocycles. The number of carbonyl (C=O) groups is 8. The van der Waals surface area contributed by atoms with E-state index in [-0.39, 0.29) is 70.2 Å². The number of esters is 2. The minimum Gasteiger partial charge on any atom is -0.481 e. The molecule has 0 spiro atoms. The van der Waals surface area contributed by atoms with E-state index in [9.17, 15) is 38.4 Å². The molecule has 83 heavy (non-hydrogen) atoms. The van der Waals surface area contributed by atoms with Crippen molar-refractivity contribution >= 4 is 116 Å². The summed E-state index contributed by atoms with van der Waals surface area (Å²) in [7, 11) is 5.97. The fraction of sp³-hybridized carbons (Fsp3) is 0.414. The van der Waals surface area contributed by atoms with Crippen LogP contribution in [-0.4, -0.2) is 124 Å². The third-order valence-corrected chi connectivity index (χ3v) is 13.9. The lowest BCUT2D eigenvalue weighted by molar-refractivity contribution is -0.143. The number of carboxylic acid groups (broad SMARTS) is 1. The van der Waals surface area contributed by atoms with Crippen LogP contribution in [0.15, 0.2) is 81.9 Å². The molecule has 4 aromatic heterocycles. The van der Waals surface area contributed by atoms with Gasteiger partial charge in [0, 0.05) is 55.3 Å². The van der Waals surface area contributed by atoms with Gasteiger partial charge in [-0.2, -0.15) is 0 Å². The van der Waals surface area contributed by atoms with Gasteiger partial charge in [-0.25, -0.2) is 29.1 Å². The number of rotatable bonds is 11. The Balaban J connectivity index is 0.000000222. The van der Waals surface area contributed by atoms with Crippen molar-refractivity contribution in [3.8, 4) is 0 Å². The number of aliphatic carboxylic acids is 1. The first-order chi connectivity index (χ1) is 39.1. The number of furan rings is 2. The number of fused-ring (bicyclic) bond motifs is 2. The number of anilines is 4. The van der Waals surface area contributed by atoms with Gasteiger partial charge in [-0.05, 0) is 154 Å². The van der Waals surface area contributed by atoms with Gasteiger partial charge in [-0.3, -0.25) is 19.2 Å². The zero-order chi connectivity index (χ0) is 61.1. The van der Waals surface area contributed by atoms with E-state index in [4.69, 9.17) is 57.1 Å². The summed E-state index contributed by atoms with van der Waals surface area (Å²) in [6.45, 7) is 10.9. The molecule has 2 aliphatic carbocycles. The summed E-state index contributed by atoms with van der Waals surface area (Å²) in [6, 6.07) is 15.4. The minimum absolute atomic E-state index is 0.0560. The van der Waals surface area contributed by atoms with E-state index in [1.807, 2.05) is 41.5 Å². The molecule has 6 aromatic rings. The molecule has 0 bridgehead atoms. The SMILES string of the molecule is CN(C(=O)OC(C)(C)C)C1CCC(C(=O)O)CC1.COC(=O)c1ccc2oc(C(=O)Nc3ccc(Cl)cn3)c(N)c2c1.COC(=O)c1ccc2oc(C(=O)Nc3ccc(Cl)cn3)c(NC(=O)C3CCC(N(C)C(=O)OC(C)(C)C)CC3)c2c1. The average molecular weight is 1190 g/mol. The molecular weight excluding hydrogens is 1120 g/mol. The van der Waals surface area contributed by atoms with Crippen LogP contribution >= 0.6 is 23.2 Å². The molecule has 23 nitrogen and oxygen atoms in total. The second-order valence-electron chi connectivity index (χ2n) is 21.7. The van der Waals surface area contributed by atoms with Gasteiger partial charge in [0.25, 0.3) is 11.8 Å². The predicted octanol–water partition coefficient (Wildman–Crippen LogP) is 11.5. The van der Waals surface area contributed by atoms with Crippen LogP contribution in [-0.2, 0) is 28.5 Å². The molecule has 0 saturated heterocycles. The normalized spacial score (nSPS) is 16.8. The number of pyridine rings is 2. The maximum absolute atomic E-state index is 13.4. The quantitative estimate of drug-likeness (QED) is 0.0594. The highest BCUT2D eigenvalue weighted by Crippen LogP contribution is 2.36. The first-order valence-electron chi connectivity index (χ1n) is 26.4. The molecule has 0 aliphatic heterocycles. The Morgan fingerprint density at radius 2 is 1.00 bits per heavy atom. The van der Waals surface area contributed by atoms with Crippen LogP contribution in [0.4, 0.5) is 32.6 Å².